The molecular formula is C20H19ClO5. The highest BCUT2D eigenvalue weighted by Crippen LogP contribution is 2.45. The number of fused-ring (bicyclic) bond motifs is 2. The van der Waals surface area contributed by atoms with Gasteiger partial charge < -0.3 is 18.9 Å². The summed E-state index contributed by atoms with van der Waals surface area (Å²) < 4.78 is 22.8. The number of rotatable bonds is 3. The van der Waals surface area contributed by atoms with Gasteiger partial charge in [0.1, 0.15) is 23.4 Å². The number of carbonyl (C=O) groups excluding carboxylic acids is 1. The summed E-state index contributed by atoms with van der Waals surface area (Å²) in [5.74, 6) is 1.54. The van der Waals surface area contributed by atoms with Gasteiger partial charge in [-0.05, 0) is 31.2 Å². The van der Waals surface area contributed by atoms with Crippen LogP contribution in [0.1, 0.15) is 41.4 Å². The molecule has 2 aliphatic rings. The van der Waals surface area contributed by atoms with Crippen LogP contribution in [0.15, 0.2) is 30.3 Å². The summed E-state index contributed by atoms with van der Waals surface area (Å²) in [7, 11) is 0. The first-order chi connectivity index (χ1) is 12.6. The monoisotopic (exact) mass is 374 g/mol. The lowest BCUT2D eigenvalue weighted by Crippen LogP contribution is -2.30. The summed E-state index contributed by atoms with van der Waals surface area (Å²) in [6.07, 6.45) is -0.488. The van der Waals surface area contributed by atoms with E-state index in [4.69, 9.17) is 30.5 Å². The molecule has 0 saturated heterocycles. The smallest absolute Gasteiger partial charge is 0.189 e. The van der Waals surface area contributed by atoms with E-state index in [2.05, 4.69) is 0 Å². The lowest BCUT2D eigenvalue weighted by molar-refractivity contribution is -0.0189. The third-order valence-corrected chi connectivity index (χ3v) is 4.88. The van der Waals surface area contributed by atoms with E-state index in [0.29, 0.717) is 41.0 Å². The van der Waals surface area contributed by atoms with E-state index in [1.807, 2.05) is 19.9 Å². The summed E-state index contributed by atoms with van der Waals surface area (Å²) in [6, 6.07) is 8.93. The second kappa shape index (κ2) is 6.82. The minimum atomic E-state index is -0.488. The lowest BCUT2D eigenvalue weighted by atomic mass is 9.86. The van der Waals surface area contributed by atoms with Crippen LogP contribution >= 0.6 is 11.6 Å². The van der Waals surface area contributed by atoms with E-state index < -0.39 is 6.10 Å². The number of halogens is 1. The topological polar surface area (TPSA) is 54.0 Å². The van der Waals surface area contributed by atoms with Gasteiger partial charge in [0.2, 0.25) is 0 Å². The van der Waals surface area contributed by atoms with Crippen molar-refractivity contribution in [2.75, 3.05) is 13.4 Å². The van der Waals surface area contributed by atoms with Gasteiger partial charge >= 0.3 is 0 Å². The molecule has 0 bridgehead atoms. The van der Waals surface area contributed by atoms with Crippen LogP contribution in [0, 0.1) is 5.92 Å². The number of carbonyl (C=O) groups is 1. The van der Waals surface area contributed by atoms with Gasteiger partial charge in [-0.1, -0.05) is 18.5 Å². The number of benzene rings is 2. The molecule has 26 heavy (non-hydrogen) atoms. The molecule has 0 aliphatic carbocycles. The van der Waals surface area contributed by atoms with Gasteiger partial charge in [-0.15, -0.1) is 0 Å². The first kappa shape index (κ1) is 17.2. The molecule has 0 aromatic heterocycles. The van der Waals surface area contributed by atoms with Crippen LogP contribution in [0.3, 0.4) is 0 Å². The van der Waals surface area contributed by atoms with Gasteiger partial charge in [-0.25, -0.2) is 0 Å². The molecule has 5 nitrogen and oxygen atoms in total. The predicted molar refractivity (Wildman–Crippen MR) is 96.2 cm³/mol. The Balaban J connectivity index is 1.78. The van der Waals surface area contributed by atoms with Gasteiger partial charge in [-0.2, -0.15) is 0 Å². The van der Waals surface area contributed by atoms with Crippen molar-refractivity contribution in [1.29, 1.82) is 0 Å². The van der Waals surface area contributed by atoms with Gasteiger partial charge in [0.15, 0.2) is 12.6 Å². The second-order valence-corrected chi connectivity index (χ2v) is 6.81. The molecule has 6 heteroatoms. The van der Waals surface area contributed by atoms with E-state index in [0.717, 1.165) is 11.1 Å². The quantitative estimate of drug-likeness (QED) is 0.788. The maximum absolute atomic E-state index is 12.9. The number of ether oxygens (including phenoxy) is 4. The molecular weight excluding hydrogens is 356 g/mol. The van der Waals surface area contributed by atoms with E-state index in [1.165, 1.54) is 0 Å². The molecule has 2 aromatic rings. The van der Waals surface area contributed by atoms with E-state index in [1.54, 1.807) is 24.3 Å². The van der Waals surface area contributed by atoms with Crippen molar-refractivity contribution in [3.8, 4) is 17.2 Å². The van der Waals surface area contributed by atoms with Crippen molar-refractivity contribution in [3.63, 3.8) is 0 Å². The van der Waals surface area contributed by atoms with Crippen molar-refractivity contribution >= 4 is 17.4 Å². The molecule has 0 saturated carbocycles. The molecule has 0 radical (unpaired) electrons. The van der Waals surface area contributed by atoms with Crippen LogP contribution in [0.5, 0.6) is 17.2 Å². The maximum atomic E-state index is 12.9. The fraction of sp³-hybridized carbons (Fsp3) is 0.350. The van der Waals surface area contributed by atoms with Gasteiger partial charge in [-0.3, -0.25) is 4.79 Å². The molecule has 2 heterocycles. The minimum absolute atomic E-state index is 0.0279. The van der Waals surface area contributed by atoms with Crippen LogP contribution in [0.4, 0.5) is 0 Å². The summed E-state index contributed by atoms with van der Waals surface area (Å²) in [5, 5.41) is 0.560. The van der Waals surface area contributed by atoms with Crippen LogP contribution < -0.4 is 14.2 Å². The SMILES string of the molecule is CCOc1ccc2c(c1)O[C@@H](c1cc(Cl)cc3c1OCOC3)[C@@H](C)C2=O. The van der Waals surface area contributed by atoms with Gasteiger partial charge in [0.25, 0.3) is 0 Å². The normalized spacial score (nSPS) is 21.3. The van der Waals surface area contributed by atoms with Crippen LogP contribution in [0.25, 0.3) is 0 Å². The van der Waals surface area contributed by atoms with Crippen molar-refractivity contribution in [3.05, 3.63) is 52.0 Å². The zero-order valence-electron chi connectivity index (χ0n) is 14.6. The zero-order valence-corrected chi connectivity index (χ0v) is 15.3. The zero-order chi connectivity index (χ0) is 18.3. The predicted octanol–water partition coefficient (Wildman–Crippen LogP) is 4.56. The van der Waals surface area contributed by atoms with Crippen LogP contribution in [-0.4, -0.2) is 19.2 Å². The molecule has 0 spiro atoms. The lowest BCUT2D eigenvalue weighted by Gasteiger charge is -2.33. The summed E-state index contributed by atoms with van der Waals surface area (Å²) in [5.41, 5.74) is 2.19. The molecule has 0 N–H and O–H groups in total. The molecule has 2 aliphatic heterocycles. The first-order valence-electron chi connectivity index (χ1n) is 8.59. The molecule has 136 valence electrons. The van der Waals surface area contributed by atoms with Gasteiger partial charge in [0, 0.05) is 22.2 Å². The van der Waals surface area contributed by atoms with Crippen molar-refractivity contribution < 1.29 is 23.7 Å². The molecule has 0 amide bonds. The summed E-state index contributed by atoms with van der Waals surface area (Å²) in [6.45, 7) is 4.90. The summed E-state index contributed by atoms with van der Waals surface area (Å²) in [4.78, 5) is 12.9. The average molecular weight is 375 g/mol. The molecule has 2 aromatic carbocycles. The third-order valence-electron chi connectivity index (χ3n) is 4.66. The number of Topliss-reactive ketones (excluding diaryl/α,β-unsaturated/α-hetero) is 1. The third kappa shape index (κ3) is 2.91. The number of hydrogen-bond donors (Lipinski definition) is 0. The summed E-state index contributed by atoms with van der Waals surface area (Å²) >= 11 is 6.28. The van der Waals surface area contributed by atoms with E-state index in [9.17, 15) is 4.79 Å². The fourth-order valence-corrected chi connectivity index (χ4v) is 3.68. The Morgan fingerprint density at radius 2 is 2.12 bits per heavy atom. The first-order valence-corrected chi connectivity index (χ1v) is 8.97. The molecule has 4 rings (SSSR count). The van der Waals surface area contributed by atoms with E-state index in [-0.39, 0.29) is 18.5 Å². The number of hydrogen-bond acceptors (Lipinski definition) is 5. The maximum Gasteiger partial charge on any atom is 0.189 e. The van der Waals surface area contributed by atoms with Crippen molar-refractivity contribution in [1.82, 2.24) is 0 Å². The largest absolute Gasteiger partial charge is 0.494 e. The molecule has 0 unspecified atom stereocenters. The Bertz CT molecular complexity index is 864. The fourth-order valence-electron chi connectivity index (χ4n) is 3.43. The Morgan fingerprint density at radius 3 is 2.92 bits per heavy atom. The Labute approximate surface area is 156 Å². The number of ketones is 1. The van der Waals surface area contributed by atoms with Crippen LogP contribution in [-0.2, 0) is 11.3 Å². The highest BCUT2D eigenvalue weighted by atomic mass is 35.5. The van der Waals surface area contributed by atoms with Gasteiger partial charge in [0.05, 0.1) is 24.7 Å². The molecule has 0 fully saturated rings. The Kier molecular flexibility index (Phi) is 4.51. The van der Waals surface area contributed by atoms with Crippen molar-refractivity contribution in [2.24, 2.45) is 5.92 Å². The standard InChI is InChI=1S/C20H19ClO5/c1-3-24-14-4-5-15-17(8-14)26-19(11(2)18(15)22)16-7-13(21)6-12-9-23-10-25-20(12)16/h4-8,11,19H,3,9-10H2,1-2H3/t11-,19+/m0/s1. The minimum Gasteiger partial charge on any atom is -0.494 e. The highest BCUT2D eigenvalue weighted by Gasteiger charge is 2.38. The average Bonchev–Trinajstić information content (AvgIpc) is 2.64. The second-order valence-electron chi connectivity index (χ2n) is 6.38. The Morgan fingerprint density at radius 1 is 1.27 bits per heavy atom. The Hall–Kier alpha value is -2.24. The molecule has 2 atom stereocenters. The van der Waals surface area contributed by atoms with Crippen molar-refractivity contribution in [2.45, 2.75) is 26.6 Å². The van der Waals surface area contributed by atoms with Crippen LogP contribution in [0.2, 0.25) is 5.02 Å². The van der Waals surface area contributed by atoms with E-state index >= 15 is 0 Å². The highest BCUT2D eigenvalue weighted by molar-refractivity contribution is 6.30.